The quantitative estimate of drug-likeness (QED) is 0.699. The van der Waals surface area contributed by atoms with Crippen molar-refractivity contribution >= 4 is 16.7 Å². The summed E-state index contributed by atoms with van der Waals surface area (Å²) in [4.78, 5) is 2.80. The van der Waals surface area contributed by atoms with E-state index in [-0.39, 0.29) is 5.56 Å². The van der Waals surface area contributed by atoms with Crippen LogP contribution in [0.2, 0.25) is 0 Å². The zero-order valence-electron chi connectivity index (χ0n) is 6.72. The van der Waals surface area contributed by atoms with E-state index in [1.54, 1.807) is 12.1 Å². The predicted molar refractivity (Wildman–Crippen MR) is 47.7 cm³/mol. The Morgan fingerprint density at radius 2 is 2.08 bits per heavy atom. The molecule has 0 saturated heterocycles. The van der Waals surface area contributed by atoms with Gasteiger partial charge in [-0.1, -0.05) is 12.1 Å². The highest BCUT2D eigenvalue weighted by molar-refractivity contribution is 5.86. The minimum Gasteiger partial charge on any atom is -0.385 e. The van der Waals surface area contributed by atoms with Crippen LogP contribution in [0.3, 0.4) is 0 Å². The van der Waals surface area contributed by atoms with Gasteiger partial charge in [0.15, 0.2) is 0 Å². The lowest BCUT2D eigenvalue weighted by atomic mass is 10.1. The van der Waals surface area contributed by atoms with Crippen molar-refractivity contribution in [3.8, 4) is 0 Å². The van der Waals surface area contributed by atoms with Crippen LogP contribution < -0.4 is 5.73 Å². The van der Waals surface area contributed by atoms with Crippen molar-refractivity contribution in [1.29, 1.82) is 0 Å². The van der Waals surface area contributed by atoms with Gasteiger partial charge in [-0.05, 0) is 12.1 Å². The van der Waals surface area contributed by atoms with Crippen LogP contribution in [0.25, 0.3) is 10.9 Å². The third-order valence-corrected chi connectivity index (χ3v) is 1.95. The van der Waals surface area contributed by atoms with E-state index in [4.69, 9.17) is 5.73 Å². The molecule has 0 aliphatic carbocycles. The zero-order valence-corrected chi connectivity index (χ0v) is 6.72. The maximum Gasteiger partial charge on any atom is 0.264 e. The average molecular weight is 182 g/mol. The van der Waals surface area contributed by atoms with Gasteiger partial charge in [0.25, 0.3) is 6.43 Å². The van der Waals surface area contributed by atoms with Crippen molar-refractivity contribution in [1.82, 2.24) is 4.98 Å². The fourth-order valence-electron chi connectivity index (χ4n) is 1.39. The Kier molecular flexibility index (Phi) is 1.69. The third kappa shape index (κ3) is 1.24. The van der Waals surface area contributed by atoms with Gasteiger partial charge >= 0.3 is 0 Å². The van der Waals surface area contributed by atoms with E-state index >= 15 is 0 Å². The Bertz CT molecular complexity index is 434. The molecule has 0 saturated carbocycles. The van der Waals surface area contributed by atoms with Crippen molar-refractivity contribution < 1.29 is 8.78 Å². The highest BCUT2D eigenvalue weighted by atomic mass is 19.3. The van der Waals surface area contributed by atoms with Crippen LogP contribution in [0.15, 0.2) is 24.3 Å². The first-order valence-electron chi connectivity index (χ1n) is 3.84. The summed E-state index contributed by atoms with van der Waals surface area (Å²) < 4.78 is 24.9. The van der Waals surface area contributed by atoms with Gasteiger partial charge in [-0.2, -0.15) is 0 Å². The second kappa shape index (κ2) is 2.73. The first-order chi connectivity index (χ1) is 6.18. The SMILES string of the molecule is Nc1cc2c(C(F)F)cccc2[nH]1. The summed E-state index contributed by atoms with van der Waals surface area (Å²) in [6.45, 7) is 0. The van der Waals surface area contributed by atoms with Crippen molar-refractivity contribution in [2.75, 3.05) is 5.73 Å². The molecule has 0 radical (unpaired) electrons. The summed E-state index contributed by atoms with van der Waals surface area (Å²) in [5.74, 6) is 0.406. The number of nitrogens with two attached hydrogens (primary N) is 1. The zero-order chi connectivity index (χ0) is 9.42. The molecule has 1 aromatic carbocycles. The number of hydrogen-bond acceptors (Lipinski definition) is 1. The Hall–Kier alpha value is -1.58. The highest BCUT2D eigenvalue weighted by Gasteiger charge is 2.11. The van der Waals surface area contributed by atoms with Crippen LogP contribution in [0.1, 0.15) is 12.0 Å². The summed E-state index contributed by atoms with van der Waals surface area (Å²) in [6, 6.07) is 6.23. The van der Waals surface area contributed by atoms with Gasteiger partial charge in [0, 0.05) is 16.5 Å². The molecule has 0 aliphatic rings. The molecule has 4 heteroatoms. The minimum absolute atomic E-state index is 0.0189. The number of nitrogen functional groups attached to an aromatic ring is 1. The molecule has 68 valence electrons. The van der Waals surface area contributed by atoms with Gasteiger partial charge in [0.05, 0.1) is 0 Å². The first-order valence-corrected chi connectivity index (χ1v) is 3.84. The van der Waals surface area contributed by atoms with E-state index in [0.29, 0.717) is 16.7 Å². The van der Waals surface area contributed by atoms with E-state index in [9.17, 15) is 8.78 Å². The van der Waals surface area contributed by atoms with Gasteiger partial charge in [-0.15, -0.1) is 0 Å². The van der Waals surface area contributed by atoms with Crippen molar-refractivity contribution in [3.05, 3.63) is 29.8 Å². The molecule has 0 bridgehead atoms. The van der Waals surface area contributed by atoms with Gasteiger partial charge < -0.3 is 10.7 Å². The van der Waals surface area contributed by atoms with Gasteiger partial charge in [0.2, 0.25) is 0 Å². The Balaban J connectivity index is 2.75. The van der Waals surface area contributed by atoms with Crippen LogP contribution in [-0.4, -0.2) is 4.98 Å². The second-order valence-corrected chi connectivity index (χ2v) is 2.83. The number of hydrogen-bond donors (Lipinski definition) is 2. The average Bonchev–Trinajstić information content (AvgIpc) is 2.43. The summed E-state index contributed by atoms with van der Waals surface area (Å²) in [5, 5.41) is 0.495. The van der Waals surface area contributed by atoms with Crippen molar-refractivity contribution in [2.24, 2.45) is 0 Å². The molecule has 2 aromatic rings. The first kappa shape index (κ1) is 8.04. The van der Waals surface area contributed by atoms with Gasteiger partial charge in [0.1, 0.15) is 5.82 Å². The summed E-state index contributed by atoms with van der Waals surface area (Å²) in [7, 11) is 0. The monoisotopic (exact) mass is 182 g/mol. The number of benzene rings is 1. The molecule has 2 rings (SSSR count). The molecule has 0 spiro atoms. The van der Waals surface area contributed by atoms with Gasteiger partial charge in [-0.3, -0.25) is 0 Å². The molecule has 1 aromatic heterocycles. The number of H-pyrrole nitrogens is 1. The number of nitrogens with one attached hydrogen (secondary N) is 1. The maximum absolute atomic E-state index is 12.5. The normalized spacial score (nSPS) is 11.3. The Morgan fingerprint density at radius 1 is 1.31 bits per heavy atom. The number of anilines is 1. The lowest BCUT2D eigenvalue weighted by Gasteiger charge is -1.99. The van der Waals surface area contributed by atoms with E-state index in [1.807, 2.05) is 0 Å². The molecule has 0 amide bonds. The minimum atomic E-state index is -2.46. The fraction of sp³-hybridized carbons (Fsp3) is 0.111. The van der Waals surface area contributed by atoms with Gasteiger partial charge in [-0.25, -0.2) is 8.78 Å². The predicted octanol–water partition coefficient (Wildman–Crippen LogP) is 2.69. The number of aromatic amines is 1. The summed E-state index contributed by atoms with van der Waals surface area (Å²) in [5.41, 5.74) is 6.13. The number of aromatic nitrogens is 1. The summed E-state index contributed by atoms with van der Waals surface area (Å²) >= 11 is 0. The van der Waals surface area contributed by atoms with Crippen molar-refractivity contribution in [2.45, 2.75) is 6.43 Å². The Labute approximate surface area is 73.4 Å². The molecule has 3 N–H and O–H groups in total. The number of halogens is 2. The fourth-order valence-corrected chi connectivity index (χ4v) is 1.39. The molecule has 0 aliphatic heterocycles. The topological polar surface area (TPSA) is 41.8 Å². The number of fused-ring (bicyclic) bond motifs is 1. The second-order valence-electron chi connectivity index (χ2n) is 2.83. The molecule has 13 heavy (non-hydrogen) atoms. The van der Waals surface area contributed by atoms with E-state index in [0.717, 1.165) is 0 Å². The van der Waals surface area contributed by atoms with E-state index in [1.165, 1.54) is 12.1 Å². The molecule has 0 atom stereocenters. The third-order valence-electron chi connectivity index (χ3n) is 1.95. The van der Waals surface area contributed by atoms with Crippen LogP contribution in [-0.2, 0) is 0 Å². The molecule has 0 fully saturated rings. The smallest absolute Gasteiger partial charge is 0.264 e. The van der Waals surface area contributed by atoms with Crippen molar-refractivity contribution in [3.63, 3.8) is 0 Å². The molecule has 0 unspecified atom stereocenters. The summed E-state index contributed by atoms with van der Waals surface area (Å²) in [6.07, 6.45) is -2.46. The van der Waals surface area contributed by atoms with Crippen LogP contribution in [0.5, 0.6) is 0 Å². The lowest BCUT2D eigenvalue weighted by molar-refractivity contribution is 0.153. The largest absolute Gasteiger partial charge is 0.385 e. The lowest BCUT2D eigenvalue weighted by Crippen LogP contribution is -1.83. The maximum atomic E-state index is 12.5. The molecular weight excluding hydrogens is 174 g/mol. The Morgan fingerprint density at radius 3 is 2.77 bits per heavy atom. The number of alkyl halides is 2. The van der Waals surface area contributed by atoms with Crippen LogP contribution in [0, 0.1) is 0 Å². The standard InChI is InChI=1S/C9H8F2N2/c10-9(11)5-2-1-3-7-6(5)4-8(12)13-7/h1-4,9,13H,12H2. The van der Waals surface area contributed by atoms with E-state index in [2.05, 4.69) is 4.98 Å². The molecule has 2 nitrogen and oxygen atoms in total. The highest BCUT2D eigenvalue weighted by Crippen LogP contribution is 2.28. The molecule has 1 heterocycles. The van der Waals surface area contributed by atoms with Crippen LogP contribution >= 0.6 is 0 Å². The number of rotatable bonds is 1. The molecular formula is C9H8F2N2. The van der Waals surface area contributed by atoms with E-state index < -0.39 is 6.43 Å². The van der Waals surface area contributed by atoms with Crippen LogP contribution in [0.4, 0.5) is 14.6 Å².